The summed E-state index contributed by atoms with van der Waals surface area (Å²) in [5.74, 6) is 0.492. The monoisotopic (exact) mass is 258 g/mol. The van der Waals surface area contributed by atoms with Crippen LogP contribution in [0.1, 0.15) is 5.56 Å². The molecule has 0 spiro atoms. The zero-order valence-electron chi connectivity index (χ0n) is 7.91. The molecule has 0 unspecified atom stereocenters. The Balaban J connectivity index is 3.15. The Labute approximate surface area is 90.7 Å². The molecule has 1 rings (SSSR count). The molecule has 0 atom stereocenters. The van der Waals surface area contributed by atoms with Crippen LogP contribution in [0.2, 0.25) is 0 Å². The van der Waals surface area contributed by atoms with E-state index in [0.717, 1.165) is 4.47 Å². The van der Waals surface area contributed by atoms with Crippen molar-refractivity contribution in [1.82, 2.24) is 5.43 Å². The lowest BCUT2D eigenvalue weighted by atomic mass is 10.2. The lowest BCUT2D eigenvalue weighted by Gasteiger charge is -2.06. The second kappa shape index (κ2) is 4.85. The highest BCUT2D eigenvalue weighted by Gasteiger charge is 2.07. The van der Waals surface area contributed by atoms with Crippen LogP contribution in [0.15, 0.2) is 21.7 Å². The second-order valence-corrected chi connectivity index (χ2v) is 3.44. The number of nitrogens with one attached hydrogen (secondary N) is 1. The summed E-state index contributed by atoms with van der Waals surface area (Å²) in [4.78, 5) is 0. The number of halogens is 1. The molecule has 1 aromatic carbocycles. The van der Waals surface area contributed by atoms with Gasteiger partial charge in [0, 0.05) is 17.1 Å². The average Bonchev–Trinajstić information content (AvgIpc) is 2.18. The Morgan fingerprint density at radius 3 is 2.86 bits per heavy atom. The Morgan fingerprint density at radius 2 is 2.29 bits per heavy atom. The fraction of sp³-hybridized carbons (Fsp3) is 0.222. The quantitative estimate of drug-likeness (QED) is 0.641. The SMILES string of the molecule is CN/N=C/c1cc(Br)cc(OC)c1O. The minimum Gasteiger partial charge on any atom is -0.504 e. The molecule has 0 saturated carbocycles. The number of hydrogen-bond donors (Lipinski definition) is 2. The molecule has 14 heavy (non-hydrogen) atoms. The van der Waals surface area contributed by atoms with Crippen molar-refractivity contribution in [2.45, 2.75) is 0 Å². The molecule has 5 heteroatoms. The zero-order valence-corrected chi connectivity index (χ0v) is 9.50. The van der Waals surface area contributed by atoms with Crippen LogP contribution in [0.5, 0.6) is 11.5 Å². The minimum absolute atomic E-state index is 0.0784. The minimum atomic E-state index is 0.0784. The molecule has 0 bridgehead atoms. The van der Waals surface area contributed by atoms with Crippen molar-refractivity contribution in [3.8, 4) is 11.5 Å². The summed E-state index contributed by atoms with van der Waals surface area (Å²) in [5, 5.41) is 13.5. The summed E-state index contributed by atoms with van der Waals surface area (Å²) in [6, 6.07) is 3.44. The van der Waals surface area contributed by atoms with Crippen molar-refractivity contribution in [1.29, 1.82) is 0 Å². The van der Waals surface area contributed by atoms with Crippen molar-refractivity contribution in [3.05, 3.63) is 22.2 Å². The predicted octanol–water partition coefficient (Wildman–Crippen LogP) is 1.72. The van der Waals surface area contributed by atoms with E-state index in [-0.39, 0.29) is 5.75 Å². The van der Waals surface area contributed by atoms with E-state index < -0.39 is 0 Å². The molecule has 1 aromatic rings. The topological polar surface area (TPSA) is 53.9 Å². The Kier molecular flexibility index (Phi) is 3.76. The maximum atomic E-state index is 9.68. The lowest BCUT2D eigenvalue weighted by molar-refractivity contribution is 0.373. The van der Waals surface area contributed by atoms with Crippen LogP contribution in [0, 0.1) is 0 Å². The van der Waals surface area contributed by atoms with Gasteiger partial charge in [-0.3, -0.25) is 0 Å². The molecule has 0 fully saturated rings. The van der Waals surface area contributed by atoms with Gasteiger partial charge in [-0.2, -0.15) is 5.10 Å². The Morgan fingerprint density at radius 1 is 1.57 bits per heavy atom. The maximum absolute atomic E-state index is 9.68. The van der Waals surface area contributed by atoms with Crippen LogP contribution in [-0.4, -0.2) is 25.5 Å². The lowest BCUT2D eigenvalue weighted by Crippen LogP contribution is -1.96. The fourth-order valence-electron chi connectivity index (χ4n) is 0.983. The number of phenolic OH excluding ortho intramolecular Hbond substituents is 1. The van der Waals surface area contributed by atoms with Crippen LogP contribution >= 0.6 is 15.9 Å². The molecule has 0 aliphatic carbocycles. The molecule has 2 N–H and O–H groups in total. The summed E-state index contributed by atoms with van der Waals surface area (Å²) < 4.78 is 5.81. The van der Waals surface area contributed by atoms with E-state index in [1.165, 1.54) is 13.3 Å². The molecule has 76 valence electrons. The van der Waals surface area contributed by atoms with E-state index >= 15 is 0 Å². The Hall–Kier alpha value is -1.23. The largest absolute Gasteiger partial charge is 0.504 e. The van der Waals surface area contributed by atoms with E-state index in [9.17, 15) is 5.11 Å². The van der Waals surface area contributed by atoms with Crippen LogP contribution in [-0.2, 0) is 0 Å². The van der Waals surface area contributed by atoms with Gasteiger partial charge in [0.05, 0.1) is 13.3 Å². The number of hydrazone groups is 1. The highest BCUT2D eigenvalue weighted by Crippen LogP contribution is 2.32. The van der Waals surface area contributed by atoms with Crippen molar-refractivity contribution >= 4 is 22.1 Å². The van der Waals surface area contributed by atoms with E-state index in [4.69, 9.17) is 4.74 Å². The first-order valence-electron chi connectivity index (χ1n) is 3.95. The second-order valence-electron chi connectivity index (χ2n) is 2.53. The van der Waals surface area contributed by atoms with Gasteiger partial charge in [0.25, 0.3) is 0 Å². The number of phenols is 1. The van der Waals surface area contributed by atoms with Gasteiger partial charge in [-0.1, -0.05) is 15.9 Å². The van der Waals surface area contributed by atoms with Gasteiger partial charge in [-0.05, 0) is 12.1 Å². The number of ether oxygens (including phenoxy) is 1. The Bertz CT molecular complexity index is 353. The number of benzene rings is 1. The molecule has 0 aromatic heterocycles. The van der Waals surface area contributed by atoms with Gasteiger partial charge in [0.2, 0.25) is 0 Å². The third-order valence-electron chi connectivity index (χ3n) is 1.62. The van der Waals surface area contributed by atoms with E-state index in [1.807, 2.05) is 0 Å². The first-order valence-corrected chi connectivity index (χ1v) is 4.74. The van der Waals surface area contributed by atoms with Crippen LogP contribution in [0.25, 0.3) is 0 Å². The molecule has 0 radical (unpaired) electrons. The van der Waals surface area contributed by atoms with Crippen molar-refractivity contribution in [2.24, 2.45) is 5.10 Å². The molecule has 0 aliphatic rings. The van der Waals surface area contributed by atoms with Crippen LogP contribution in [0.4, 0.5) is 0 Å². The van der Waals surface area contributed by atoms with E-state index in [2.05, 4.69) is 26.5 Å². The van der Waals surface area contributed by atoms with Gasteiger partial charge in [-0.25, -0.2) is 0 Å². The molecule has 0 aliphatic heterocycles. The smallest absolute Gasteiger partial charge is 0.166 e. The number of methoxy groups -OCH3 is 1. The maximum Gasteiger partial charge on any atom is 0.166 e. The summed E-state index contributed by atoms with van der Waals surface area (Å²) in [7, 11) is 3.18. The predicted molar refractivity (Wildman–Crippen MR) is 59.0 cm³/mol. The highest BCUT2D eigenvalue weighted by molar-refractivity contribution is 9.10. The molecule has 0 amide bonds. The van der Waals surface area contributed by atoms with E-state index in [1.54, 1.807) is 19.2 Å². The fourth-order valence-corrected chi connectivity index (χ4v) is 1.44. The van der Waals surface area contributed by atoms with Crippen LogP contribution in [0.3, 0.4) is 0 Å². The first kappa shape index (κ1) is 10.8. The van der Waals surface area contributed by atoms with Gasteiger partial charge >= 0.3 is 0 Å². The van der Waals surface area contributed by atoms with Crippen molar-refractivity contribution < 1.29 is 9.84 Å². The third-order valence-corrected chi connectivity index (χ3v) is 2.08. The highest BCUT2D eigenvalue weighted by atomic mass is 79.9. The summed E-state index contributed by atoms with van der Waals surface area (Å²) in [6.07, 6.45) is 1.52. The molecular formula is C9H11BrN2O2. The number of aromatic hydroxyl groups is 1. The number of hydrogen-bond acceptors (Lipinski definition) is 4. The zero-order chi connectivity index (χ0) is 10.6. The third kappa shape index (κ3) is 2.38. The molecule has 0 saturated heterocycles. The molecule has 0 heterocycles. The average molecular weight is 259 g/mol. The van der Waals surface area contributed by atoms with Gasteiger partial charge in [0.1, 0.15) is 0 Å². The number of nitrogens with zero attached hydrogens (tertiary/aromatic N) is 1. The summed E-state index contributed by atoms with van der Waals surface area (Å²) in [6.45, 7) is 0. The van der Waals surface area contributed by atoms with Gasteiger partial charge < -0.3 is 15.3 Å². The standard InChI is InChI=1S/C9H11BrN2O2/c1-11-12-5-6-3-7(10)4-8(14-2)9(6)13/h3-5,11,13H,1-2H3/b12-5+. The van der Waals surface area contributed by atoms with Gasteiger partial charge in [-0.15, -0.1) is 0 Å². The van der Waals surface area contributed by atoms with Crippen LogP contribution < -0.4 is 10.2 Å². The number of rotatable bonds is 3. The van der Waals surface area contributed by atoms with E-state index in [0.29, 0.717) is 11.3 Å². The normalized spacial score (nSPS) is 10.5. The molecular weight excluding hydrogens is 248 g/mol. The first-order chi connectivity index (χ1) is 6.69. The van der Waals surface area contributed by atoms with Gasteiger partial charge in [0.15, 0.2) is 11.5 Å². The molecule has 4 nitrogen and oxygen atoms in total. The summed E-state index contributed by atoms with van der Waals surface area (Å²) >= 11 is 3.31. The van der Waals surface area contributed by atoms with Crippen molar-refractivity contribution in [3.63, 3.8) is 0 Å². The van der Waals surface area contributed by atoms with Crippen molar-refractivity contribution in [2.75, 3.05) is 14.2 Å². The summed E-state index contributed by atoms with van der Waals surface area (Å²) in [5.41, 5.74) is 3.19.